The van der Waals surface area contributed by atoms with Gasteiger partial charge in [-0.2, -0.15) is 0 Å². The second kappa shape index (κ2) is 4.63. The van der Waals surface area contributed by atoms with E-state index in [4.69, 9.17) is 5.73 Å². The van der Waals surface area contributed by atoms with Gasteiger partial charge in [0, 0.05) is 10.7 Å². The number of nitrogens with one attached hydrogen (secondary N) is 1. The third-order valence-electron chi connectivity index (χ3n) is 1.87. The zero-order chi connectivity index (χ0) is 11.5. The number of nitrogens with zero attached hydrogens (tertiary/aromatic N) is 1. The Morgan fingerprint density at radius 3 is 2.81 bits per heavy atom. The molecule has 16 heavy (non-hydrogen) atoms. The quantitative estimate of drug-likeness (QED) is 0.895. The Balaban J connectivity index is 2.14. The van der Waals surface area contributed by atoms with E-state index in [0.717, 1.165) is 4.47 Å². The van der Waals surface area contributed by atoms with Gasteiger partial charge in [0.05, 0.1) is 5.69 Å². The maximum absolute atomic E-state index is 11.7. The van der Waals surface area contributed by atoms with Gasteiger partial charge in [-0.25, -0.2) is 4.98 Å². The molecular formula is C10H8BrN3OS. The van der Waals surface area contributed by atoms with Crippen molar-refractivity contribution < 1.29 is 4.79 Å². The highest BCUT2D eigenvalue weighted by Crippen LogP contribution is 2.20. The van der Waals surface area contributed by atoms with Crippen molar-refractivity contribution in [3.05, 3.63) is 39.1 Å². The number of thiophene rings is 1. The van der Waals surface area contributed by atoms with Crippen molar-refractivity contribution in [3.63, 3.8) is 0 Å². The van der Waals surface area contributed by atoms with E-state index in [1.54, 1.807) is 29.8 Å². The van der Waals surface area contributed by atoms with Crippen LogP contribution in [-0.2, 0) is 0 Å². The van der Waals surface area contributed by atoms with E-state index in [2.05, 4.69) is 26.2 Å². The highest BCUT2D eigenvalue weighted by molar-refractivity contribution is 9.10. The average molecular weight is 298 g/mol. The van der Waals surface area contributed by atoms with Crippen LogP contribution >= 0.6 is 27.3 Å². The highest BCUT2D eigenvalue weighted by atomic mass is 79.9. The van der Waals surface area contributed by atoms with Crippen LogP contribution in [-0.4, -0.2) is 10.9 Å². The third kappa shape index (κ3) is 2.40. The first kappa shape index (κ1) is 11.1. The predicted molar refractivity (Wildman–Crippen MR) is 68.6 cm³/mol. The average Bonchev–Trinajstić information content (AvgIpc) is 2.68. The molecule has 0 aliphatic rings. The van der Waals surface area contributed by atoms with Crippen LogP contribution in [0.2, 0.25) is 0 Å². The first-order valence-corrected chi connectivity index (χ1v) is 6.10. The number of halogens is 1. The molecule has 0 fully saturated rings. The number of rotatable bonds is 2. The Morgan fingerprint density at radius 2 is 2.25 bits per heavy atom. The summed E-state index contributed by atoms with van der Waals surface area (Å²) >= 11 is 4.57. The normalized spacial score (nSPS) is 10.1. The van der Waals surface area contributed by atoms with Crippen LogP contribution in [0, 0.1) is 0 Å². The van der Waals surface area contributed by atoms with Crippen molar-refractivity contribution in [2.75, 3.05) is 11.1 Å². The van der Waals surface area contributed by atoms with Crippen LogP contribution in [0.25, 0.3) is 0 Å². The van der Waals surface area contributed by atoms with Crippen LogP contribution in [0.15, 0.2) is 34.2 Å². The first-order valence-electron chi connectivity index (χ1n) is 4.42. The van der Waals surface area contributed by atoms with Gasteiger partial charge < -0.3 is 11.1 Å². The summed E-state index contributed by atoms with van der Waals surface area (Å²) in [5.74, 6) is 0.267. The van der Waals surface area contributed by atoms with Crippen LogP contribution in [0.1, 0.15) is 9.67 Å². The van der Waals surface area contributed by atoms with Gasteiger partial charge in [0.25, 0.3) is 5.91 Å². The second-order valence-electron chi connectivity index (χ2n) is 3.02. The zero-order valence-corrected chi connectivity index (χ0v) is 10.5. The summed E-state index contributed by atoms with van der Waals surface area (Å²) in [6.07, 6.45) is 1.62. The molecule has 2 aromatic heterocycles. The maximum Gasteiger partial charge on any atom is 0.269 e. The number of nitrogens with two attached hydrogens (primary N) is 1. The molecule has 0 bridgehead atoms. The monoisotopic (exact) mass is 297 g/mol. The number of anilines is 2. The molecular weight excluding hydrogens is 290 g/mol. The molecule has 1 amide bonds. The number of hydrogen-bond acceptors (Lipinski definition) is 4. The van der Waals surface area contributed by atoms with E-state index < -0.39 is 0 Å². The van der Waals surface area contributed by atoms with E-state index in [1.165, 1.54) is 11.3 Å². The van der Waals surface area contributed by atoms with Crippen LogP contribution in [0.3, 0.4) is 0 Å². The van der Waals surface area contributed by atoms with E-state index >= 15 is 0 Å². The van der Waals surface area contributed by atoms with Crippen molar-refractivity contribution in [1.29, 1.82) is 0 Å². The highest BCUT2D eigenvalue weighted by Gasteiger charge is 2.11. The largest absolute Gasteiger partial charge is 0.397 e. The Kier molecular flexibility index (Phi) is 3.21. The fourth-order valence-corrected chi connectivity index (χ4v) is 2.07. The van der Waals surface area contributed by atoms with Crippen molar-refractivity contribution in [3.8, 4) is 0 Å². The Bertz CT molecular complexity index is 509. The Morgan fingerprint density at radius 1 is 1.44 bits per heavy atom. The lowest BCUT2D eigenvalue weighted by atomic mass is 10.3. The Hall–Kier alpha value is -1.40. The van der Waals surface area contributed by atoms with Crippen molar-refractivity contribution >= 4 is 44.7 Å². The molecule has 6 heteroatoms. The standard InChI is InChI=1S/C10H8BrN3OS/c11-6-1-2-8(13-5-6)14-10(15)9-7(12)3-4-16-9/h1-5H,12H2,(H,13,14,15). The maximum atomic E-state index is 11.7. The molecule has 3 N–H and O–H groups in total. The molecule has 0 saturated heterocycles. The fourth-order valence-electron chi connectivity index (χ4n) is 1.13. The molecule has 0 spiro atoms. The van der Waals surface area contributed by atoms with Crippen LogP contribution in [0.5, 0.6) is 0 Å². The lowest BCUT2D eigenvalue weighted by Crippen LogP contribution is -2.12. The third-order valence-corrected chi connectivity index (χ3v) is 3.27. The van der Waals surface area contributed by atoms with Gasteiger partial charge in [-0.1, -0.05) is 0 Å². The van der Waals surface area contributed by atoms with Crippen molar-refractivity contribution in [2.45, 2.75) is 0 Å². The minimum atomic E-state index is -0.234. The van der Waals surface area contributed by atoms with Crippen molar-refractivity contribution in [1.82, 2.24) is 4.98 Å². The van der Waals surface area contributed by atoms with Gasteiger partial charge in [0.1, 0.15) is 10.7 Å². The molecule has 0 saturated carbocycles. The number of nitrogen functional groups attached to an aromatic ring is 1. The molecule has 0 unspecified atom stereocenters. The van der Waals surface area contributed by atoms with Gasteiger partial charge in [0.2, 0.25) is 0 Å². The molecule has 4 nitrogen and oxygen atoms in total. The van der Waals surface area contributed by atoms with Gasteiger partial charge in [-0.05, 0) is 39.5 Å². The first-order chi connectivity index (χ1) is 7.66. The number of carbonyl (C=O) groups is 1. The van der Waals surface area contributed by atoms with Crippen LogP contribution < -0.4 is 11.1 Å². The fraction of sp³-hybridized carbons (Fsp3) is 0. The van der Waals surface area contributed by atoms with Crippen LogP contribution in [0.4, 0.5) is 11.5 Å². The van der Waals surface area contributed by atoms with E-state index in [0.29, 0.717) is 16.4 Å². The summed E-state index contributed by atoms with van der Waals surface area (Å²) in [7, 11) is 0. The molecule has 0 aromatic carbocycles. The summed E-state index contributed by atoms with van der Waals surface area (Å²) in [6.45, 7) is 0. The van der Waals surface area contributed by atoms with Gasteiger partial charge in [-0.15, -0.1) is 11.3 Å². The number of pyridine rings is 1. The minimum Gasteiger partial charge on any atom is -0.397 e. The molecule has 0 radical (unpaired) electrons. The lowest BCUT2D eigenvalue weighted by molar-refractivity contribution is 0.103. The Labute approximate surface area is 105 Å². The lowest BCUT2D eigenvalue weighted by Gasteiger charge is -2.03. The molecule has 0 aliphatic heterocycles. The van der Waals surface area contributed by atoms with Gasteiger partial charge in [0.15, 0.2) is 0 Å². The molecule has 82 valence electrons. The summed E-state index contributed by atoms with van der Waals surface area (Å²) in [6, 6.07) is 5.22. The predicted octanol–water partition coefficient (Wildman–Crippen LogP) is 2.74. The SMILES string of the molecule is Nc1ccsc1C(=O)Nc1ccc(Br)cn1. The van der Waals surface area contributed by atoms with E-state index in [1.807, 2.05) is 0 Å². The summed E-state index contributed by atoms with van der Waals surface area (Å²) in [5.41, 5.74) is 6.13. The van der Waals surface area contributed by atoms with Gasteiger partial charge in [-0.3, -0.25) is 4.79 Å². The molecule has 2 rings (SSSR count). The topological polar surface area (TPSA) is 68.0 Å². The smallest absolute Gasteiger partial charge is 0.269 e. The van der Waals surface area contributed by atoms with Gasteiger partial charge >= 0.3 is 0 Å². The number of aromatic nitrogens is 1. The molecule has 0 atom stereocenters. The van der Waals surface area contributed by atoms with E-state index in [-0.39, 0.29) is 5.91 Å². The molecule has 2 heterocycles. The number of carbonyl (C=O) groups excluding carboxylic acids is 1. The van der Waals surface area contributed by atoms with E-state index in [9.17, 15) is 4.79 Å². The second-order valence-corrected chi connectivity index (χ2v) is 4.85. The summed E-state index contributed by atoms with van der Waals surface area (Å²) < 4.78 is 0.862. The summed E-state index contributed by atoms with van der Waals surface area (Å²) in [4.78, 5) is 16.3. The van der Waals surface area contributed by atoms with Crippen molar-refractivity contribution in [2.24, 2.45) is 0 Å². The number of hydrogen-bond donors (Lipinski definition) is 2. The zero-order valence-electron chi connectivity index (χ0n) is 8.11. The molecule has 0 aliphatic carbocycles. The minimum absolute atomic E-state index is 0.234. The number of amides is 1. The summed E-state index contributed by atoms with van der Waals surface area (Å²) in [5, 5.41) is 4.45. The molecule has 2 aromatic rings.